The largest absolute Gasteiger partial charge is 0.494 e. The number of aromatic carboxylic acids is 1. The summed E-state index contributed by atoms with van der Waals surface area (Å²) in [4.78, 5) is 41.8. The van der Waals surface area contributed by atoms with Crippen molar-refractivity contribution < 1.29 is 15.0 Å². The van der Waals surface area contributed by atoms with Crippen molar-refractivity contribution in [1.82, 2.24) is 9.55 Å². The minimum Gasteiger partial charge on any atom is -0.494 e. The van der Waals surface area contributed by atoms with Crippen LogP contribution in [0.2, 0.25) is 0 Å². The van der Waals surface area contributed by atoms with Crippen molar-refractivity contribution in [3.63, 3.8) is 0 Å². The van der Waals surface area contributed by atoms with Crippen molar-refractivity contribution in [3.05, 3.63) is 56.2 Å². The van der Waals surface area contributed by atoms with Gasteiger partial charge in [-0.3, -0.25) is 19.3 Å². The van der Waals surface area contributed by atoms with Crippen LogP contribution in [0.4, 0.5) is 5.69 Å². The summed E-state index contributed by atoms with van der Waals surface area (Å²) in [6.45, 7) is 3.97. The average molecular weight is 359 g/mol. The Kier molecular flexibility index (Phi) is 6.11. The van der Waals surface area contributed by atoms with Gasteiger partial charge in [0, 0.05) is 6.54 Å². The molecule has 1 aromatic heterocycles. The molecule has 1 heterocycles. The van der Waals surface area contributed by atoms with Gasteiger partial charge in [-0.1, -0.05) is 26.3 Å². The van der Waals surface area contributed by atoms with Crippen molar-refractivity contribution in [2.75, 3.05) is 0 Å². The first-order valence-electron chi connectivity index (χ1n) is 8.36. The third kappa shape index (κ3) is 4.08. The Morgan fingerprint density at radius 3 is 2.62 bits per heavy atom. The molecule has 0 radical (unpaired) electrons. The van der Waals surface area contributed by atoms with E-state index >= 15 is 0 Å². The van der Waals surface area contributed by atoms with Gasteiger partial charge < -0.3 is 10.2 Å². The number of unbranched alkanes of at least 4 members (excludes halogenated alkanes) is 1. The third-order valence-corrected chi connectivity index (χ3v) is 3.89. The number of aromatic hydroxyl groups is 1. The zero-order valence-electron chi connectivity index (χ0n) is 14.7. The quantitative estimate of drug-likeness (QED) is 0.654. The number of aliphatic imine (C=N–C) groups is 1. The van der Waals surface area contributed by atoms with Crippen molar-refractivity contribution in [2.24, 2.45) is 4.99 Å². The van der Waals surface area contributed by atoms with E-state index in [-0.39, 0.29) is 23.4 Å². The molecule has 2 rings (SSSR count). The van der Waals surface area contributed by atoms with Gasteiger partial charge >= 0.3 is 11.7 Å². The summed E-state index contributed by atoms with van der Waals surface area (Å²) >= 11 is 0. The summed E-state index contributed by atoms with van der Waals surface area (Å²) < 4.78 is 1.11. The third-order valence-electron chi connectivity index (χ3n) is 3.89. The standard InChI is InChI=1S/C18H21N3O5/c1-3-5-9-21-16(23)14(15(22)20-18(21)26)13(4-2)19-12-8-6-7-11(10-12)17(24)25/h6-8,10,23H,3-5,9H2,1-2H3,(H,24,25)(H,20,22,26). The maximum atomic E-state index is 12.2. The molecule has 1 aromatic carbocycles. The molecule has 0 atom stereocenters. The normalized spacial score (nSPS) is 11.5. The van der Waals surface area contributed by atoms with E-state index in [1.165, 1.54) is 12.1 Å². The summed E-state index contributed by atoms with van der Waals surface area (Å²) in [5.74, 6) is -1.52. The molecule has 2 aromatic rings. The molecule has 0 bridgehead atoms. The molecular formula is C18H21N3O5. The molecule has 0 aliphatic rings. The number of H-pyrrole nitrogens is 1. The van der Waals surface area contributed by atoms with Crippen LogP contribution in [-0.4, -0.2) is 31.4 Å². The predicted octanol–water partition coefficient (Wildman–Crippen LogP) is 2.27. The Hall–Kier alpha value is -3.16. The fourth-order valence-corrected chi connectivity index (χ4v) is 2.52. The summed E-state index contributed by atoms with van der Waals surface area (Å²) in [6.07, 6.45) is 1.79. The van der Waals surface area contributed by atoms with Crippen molar-refractivity contribution in [1.29, 1.82) is 0 Å². The lowest BCUT2D eigenvalue weighted by Gasteiger charge is -2.12. The summed E-state index contributed by atoms with van der Waals surface area (Å²) in [7, 11) is 0. The number of carbonyl (C=O) groups is 1. The van der Waals surface area contributed by atoms with E-state index < -0.39 is 23.1 Å². The van der Waals surface area contributed by atoms with E-state index in [4.69, 9.17) is 5.11 Å². The van der Waals surface area contributed by atoms with Gasteiger partial charge in [0.15, 0.2) is 0 Å². The van der Waals surface area contributed by atoms with Gasteiger partial charge in [-0.2, -0.15) is 0 Å². The Morgan fingerprint density at radius 1 is 1.27 bits per heavy atom. The van der Waals surface area contributed by atoms with Gasteiger partial charge in [0.05, 0.1) is 17.0 Å². The first-order valence-corrected chi connectivity index (χ1v) is 8.36. The fraction of sp³-hybridized carbons (Fsp3) is 0.333. The van der Waals surface area contributed by atoms with E-state index in [0.717, 1.165) is 11.0 Å². The molecule has 138 valence electrons. The van der Waals surface area contributed by atoms with Gasteiger partial charge in [-0.25, -0.2) is 9.59 Å². The van der Waals surface area contributed by atoms with Crippen LogP contribution in [0.1, 0.15) is 49.0 Å². The molecule has 0 unspecified atom stereocenters. The summed E-state index contributed by atoms with van der Waals surface area (Å²) in [6, 6.07) is 5.95. The van der Waals surface area contributed by atoms with Gasteiger partial charge in [0.25, 0.3) is 5.56 Å². The molecule has 0 aliphatic heterocycles. The molecule has 0 saturated heterocycles. The van der Waals surface area contributed by atoms with Crippen LogP contribution in [0.25, 0.3) is 0 Å². The Balaban J connectivity index is 2.60. The lowest BCUT2D eigenvalue weighted by atomic mass is 10.1. The lowest BCUT2D eigenvalue weighted by Crippen LogP contribution is -2.34. The molecule has 3 N–H and O–H groups in total. The molecule has 0 fully saturated rings. The zero-order valence-corrected chi connectivity index (χ0v) is 14.7. The highest BCUT2D eigenvalue weighted by atomic mass is 16.4. The van der Waals surface area contributed by atoms with E-state index in [2.05, 4.69) is 9.98 Å². The number of hydrogen-bond donors (Lipinski definition) is 3. The number of aromatic nitrogens is 2. The highest BCUT2D eigenvalue weighted by Gasteiger charge is 2.18. The number of nitrogens with one attached hydrogen (secondary N) is 1. The van der Waals surface area contributed by atoms with E-state index in [0.29, 0.717) is 18.5 Å². The number of hydrogen-bond acceptors (Lipinski definition) is 5. The summed E-state index contributed by atoms with van der Waals surface area (Å²) in [5.41, 5.74) is -0.816. The molecule has 8 heteroatoms. The average Bonchev–Trinajstić information content (AvgIpc) is 2.60. The second kappa shape index (κ2) is 8.28. The molecule has 8 nitrogen and oxygen atoms in total. The highest BCUT2D eigenvalue weighted by molar-refractivity contribution is 6.03. The first kappa shape index (κ1) is 19.2. The van der Waals surface area contributed by atoms with Gasteiger partial charge in [0.1, 0.15) is 5.56 Å². The van der Waals surface area contributed by atoms with Crippen LogP contribution in [0.5, 0.6) is 5.88 Å². The number of carboxylic acids is 1. The van der Waals surface area contributed by atoms with Crippen molar-refractivity contribution in [2.45, 2.75) is 39.7 Å². The van der Waals surface area contributed by atoms with E-state index in [9.17, 15) is 19.5 Å². The lowest BCUT2D eigenvalue weighted by molar-refractivity contribution is 0.0697. The Bertz CT molecular complexity index is 956. The van der Waals surface area contributed by atoms with E-state index in [1.54, 1.807) is 19.1 Å². The van der Waals surface area contributed by atoms with Crippen LogP contribution in [0.15, 0.2) is 38.8 Å². The van der Waals surface area contributed by atoms with Crippen LogP contribution in [0.3, 0.4) is 0 Å². The van der Waals surface area contributed by atoms with Crippen molar-refractivity contribution >= 4 is 17.4 Å². The Labute approximate surface area is 149 Å². The monoisotopic (exact) mass is 359 g/mol. The number of nitrogens with zero attached hydrogens (tertiary/aromatic N) is 2. The first-order chi connectivity index (χ1) is 12.4. The maximum Gasteiger partial charge on any atom is 0.335 e. The van der Waals surface area contributed by atoms with Gasteiger partial charge in [-0.05, 0) is 31.0 Å². The molecule has 0 saturated carbocycles. The van der Waals surface area contributed by atoms with E-state index in [1.807, 2.05) is 6.92 Å². The molecular weight excluding hydrogens is 338 g/mol. The smallest absolute Gasteiger partial charge is 0.335 e. The maximum absolute atomic E-state index is 12.2. The minimum absolute atomic E-state index is 0.0627. The second-order valence-corrected chi connectivity index (χ2v) is 5.73. The molecule has 0 spiro atoms. The van der Waals surface area contributed by atoms with Gasteiger partial charge in [0.2, 0.25) is 5.88 Å². The molecule has 0 amide bonds. The van der Waals surface area contributed by atoms with Crippen LogP contribution in [-0.2, 0) is 6.54 Å². The second-order valence-electron chi connectivity index (χ2n) is 5.73. The van der Waals surface area contributed by atoms with Crippen LogP contribution < -0.4 is 11.2 Å². The molecule has 0 aliphatic carbocycles. The fourth-order valence-electron chi connectivity index (χ4n) is 2.52. The number of carboxylic acid groups (broad SMARTS) is 1. The van der Waals surface area contributed by atoms with Crippen LogP contribution in [0, 0.1) is 0 Å². The van der Waals surface area contributed by atoms with Crippen molar-refractivity contribution in [3.8, 4) is 5.88 Å². The number of aromatic amines is 1. The molecule has 26 heavy (non-hydrogen) atoms. The SMILES string of the molecule is CCCCn1c(O)c(C(CC)=Nc2cccc(C(=O)O)c2)c(=O)[nH]c1=O. The minimum atomic E-state index is -1.09. The number of rotatable bonds is 7. The van der Waals surface area contributed by atoms with Gasteiger partial charge in [-0.15, -0.1) is 0 Å². The topological polar surface area (TPSA) is 125 Å². The number of benzene rings is 1. The van der Waals surface area contributed by atoms with Crippen LogP contribution >= 0.6 is 0 Å². The highest BCUT2D eigenvalue weighted by Crippen LogP contribution is 2.20. The zero-order chi connectivity index (χ0) is 19.3. The Morgan fingerprint density at radius 2 is 2.00 bits per heavy atom. The predicted molar refractivity (Wildman–Crippen MR) is 97.8 cm³/mol. The summed E-state index contributed by atoms with van der Waals surface area (Å²) in [5, 5.41) is 19.5.